The zero-order valence-corrected chi connectivity index (χ0v) is 9.59. The number of nitrogens with one attached hydrogen (secondary N) is 3. The summed E-state index contributed by atoms with van der Waals surface area (Å²) in [5, 5.41) is 6.32. The molecular formula is C8H11N5O2S. The standard InChI is InChI=1S/C8H11N5O2S/c1-5-3-10-12-8(5)13-16(14,15)7-4-9-6(2)11-7/h3-4H,1-2H3,(H,9,11)(H2,10,12,13). The van der Waals surface area contributed by atoms with Gasteiger partial charge in [-0.05, 0) is 13.8 Å². The summed E-state index contributed by atoms with van der Waals surface area (Å²) < 4.78 is 26.0. The van der Waals surface area contributed by atoms with E-state index < -0.39 is 10.0 Å². The Balaban J connectivity index is 2.31. The van der Waals surface area contributed by atoms with Crippen LogP contribution in [0.4, 0.5) is 5.82 Å². The predicted octanol–water partition coefficient (Wildman–Crippen LogP) is 0.550. The van der Waals surface area contributed by atoms with Gasteiger partial charge in [0.2, 0.25) is 0 Å². The summed E-state index contributed by atoms with van der Waals surface area (Å²) in [7, 11) is -3.62. The summed E-state index contributed by atoms with van der Waals surface area (Å²) in [5.41, 5.74) is 0.722. The van der Waals surface area contributed by atoms with Gasteiger partial charge in [0.15, 0.2) is 5.03 Å². The van der Waals surface area contributed by atoms with Gasteiger partial charge in [-0.3, -0.25) is 9.82 Å². The van der Waals surface area contributed by atoms with Crippen molar-refractivity contribution in [3.63, 3.8) is 0 Å². The molecule has 7 nitrogen and oxygen atoms in total. The smallest absolute Gasteiger partial charge is 0.280 e. The minimum Gasteiger partial charge on any atom is -0.332 e. The van der Waals surface area contributed by atoms with Crippen LogP contribution in [0.2, 0.25) is 0 Å². The second kappa shape index (κ2) is 3.63. The van der Waals surface area contributed by atoms with Gasteiger partial charge in [0.05, 0.1) is 12.4 Å². The zero-order chi connectivity index (χ0) is 11.8. The molecule has 2 aromatic rings. The Morgan fingerprint density at radius 3 is 2.56 bits per heavy atom. The van der Waals surface area contributed by atoms with E-state index in [1.807, 2.05) is 0 Å². The number of aromatic nitrogens is 4. The number of hydrogen-bond donors (Lipinski definition) is 3. The maximum Gasteiger partial charge on any atom is 0.280 e. The number of aromatic amines is 2. The number of sulfonamides is 1. The van der Waals surface area contributed by atoms with Gasteiger partial charge in [-0.2, -0.15) is 13.5 Å². The first-order chi connectivity index (χ1) is 7.49. The Morgan fingerprint density at radius 1 is 1.31 bits per heavy atom. The molecule has 2 heterocycles. The van der Waals surface area contributed by atoms with Gasteiger partial charge >= 0.3 is 0 Å². The number of hydrogen-bond acceptors (Lipinski definition) is 4. The molecule has 0 radical (unpaired) electrons. The fourth-order valence-corrected chi connectivity index (χ4v) is 2.23. The number of nitrogens with zero attached hydrogens (tertiary/aromatic N) is 2. The molecule has 0 aromatic carbocycles. The lowest BCUT2D eigenvalue weighted by molar-refractivity contribution is 0.598. The topological polar surface area (TPSA) is 104 Å². The number of rotatable bonds is 3. The van der Waals surface area contributed by atoms with Gasteiger partial charge in [0.25, 0.3) is 10.0 Å². The fourth-order valence-electron chi connectivity index (χ4n) is 1.17. The first kappa shape index (κ1) is 10.7. The van der Waals surface area contributed by atoms with Crippen LogP contribution in [-0.4, -0.2) is 28.6 Å². The van der Waals surface area contributed by atoms with Crippen molar-refractivity contribution >= 4 is 15.8 Å². The largest absolute Gasteiger partial charge is 0.332 e. The van der Waals surface area contributed by atoms with Crippen molar-refractivity contribution in [3.05, 3.63) is 23.8 Å². The summed E-state index contributed by atoms with van der Waals surface area (Å²) in [4.78, 5) is 6.49. The van der Waals surface area contributed by atoms with Crippen LogP contribution < -0.4 is 4.72 Å². The number of aryl methyl sites for hydroxylation is 2. The van der Waals surface area contributed by atoms with E-state index in [0.29, 0.717) is 11.6 Å². The third-order valence-electron chi connectivity index (χ3n) is 2.03. The molecule has 2 rings (SSSR count). The second-order valence-electron chi connectivity index (χ2n) is 3.37. The molecule has 0 unspecified atom stereocenters. The normalized spacial score (nSPS) is 11.6. The number of H-pyrrole nitrogens is 2. The van der Waals surface area contributed by atoms with Crippen LogP contribution >= 0.6 is 0 Å². The van der Waals surface area contributed by atoms with Crippen LogP contribution in [-0.2, 0) is 10.0 Å². The molecule has 3 N–H and O–H groups in total. The van der Waals surface area contributed by atoms with Crippen molar-refractivity contribution in [1.82, 2.24) is 20.2 Å². The van der Waals surface area contributed by atoms with Crippen molar-refractivity contribution in [2.75, 3.05) is 4.72 Å². The SMILES string of the molecule is Cc1ncc(S(=O)(=O)Nc2[nH]ncc2C)[nH]1. The van der Waals surface area contributed by atoms with Gasteiger partial charge < -0.3 is 4.98 Å². The minimum absolute atomic E-state index is 0.0269. The molecule has 16 heavy (non-hydrogen) atoms. The van der Waals surface area contributed by atoms with Crippen LogP contribution in [0.25, 0.3) is 0 Å². The Kier molecular flexibility index (Phi) is 2.43. The van der Waals surface area contributed by atoms with Crippen LogP contribution in [0.5, 0.6) is 0 Å². The van der Waals surface area contributed by atoms with E-state index in [4.69, 9.17) is 0 Å². The molecule has 2 aromatic heterocycles. The van der Waals surface area contributed by atoms with E-state index in [1.54, 1.807) is 13.8 Å². The second-order valence-corrected chi connectivity index (χ2v) is 5.02. The molecule has 0 aliphatic carbocycles. The third kappa shape index (κ3) is 1.91. The van der Waals surface area contributed by atoms with E-state index >= 15 is 0 Å². The molecule has 0 saturated heterocycles. The average molecular weight is 241 g/mol. The molecule has 0 saturated carbocycles. The molecule has 86 valence electrons. The van der Waals surface area contributed by atoms with Gasteiger partial charge in [0, 0.05) is 5.56 Å². The highest BCUT2D eigenvalue weighted by Crippen LogP contribution is 2.14. The lowest BCUT2D eigenvalue weighted by Gasteiger charge is -2.03. The van der Waals surface area contributed by atoms with E-state index in [9.17, 15) is 8.42 Å². The summed E-state index contributed by atoms with van der Waals surface area (Å²) in [6.45, 7) is 3.43. The van der Waals surface area contributed by atoms with Crippen molar-refractivity contribution in [1.29, 1.82) is 0 Å². The van der Waals surface area contributed by atoms with E-state index in [-0.39, 0.29) is 5.03 Å². The predicted molar refractivity (Wildman–Crippen MR) is 57.5 cm³/mol. The maximum absolute atomic E-state index is 11.8. The van der Waals surface area contributed by atoms with Gasteiger partial charge in [-0.1, -0.05) is 0 Å². The highest BCUT2D eigenvalue weighted by molar-refractivity contribution is 7.92. The molecule has 0 bridgehead atoms. The van der Waals surface area contributed by atoms with Gasteiger partial charge in [-0.25, -0.2) is 4.98 Å². The molecule has 0 spiro atoms. The van der Waals surface area contributed by atoms with Gasteiger partial charge in [0.1, 0.15) is 11.6 Å². The molecule has 0 fully saturated rings. The number of anilines is 1. The first-order valence-corrected chi connectivity index (χ1v) is 6.02. The quantitative estimate of drug-likeness (QED) is 0.730. The highest BCUT2D eigenvalue weighted by atomic mass is 32.2. The Morgan fingerprint density at radius 2 is 2.06 bits per heavy atom. The molecule has 8 heteroatoms. The molecular weight excluding hydrogens is 230 g/mol. The molecule has 0 aliphatic heterocycles. The Bertz CT molecular complexity index is 597. The van der Waals surface area contributed by atoms with E-state index in [0.717, 1.165) is 5.56 Å². The Labute approximate surface area is 92.4 Å². The van der Waals surface area contributed by atoms with Crippen LogP contribution in [0, 0.1) is 13.8 Å². The molecule has 0 amide bonds. The van der Waals surface area contributed by atoms with Gasteiger partial charge in [-0.15, -0.1) is 0 Å². The zero-order valence-electron chi connectivity index (χ0n) is 8.77. The van der Waals surface area contributed by atoms with Crippen molar-refractivity contribution in [3.8, 4) is 0 Å². The van der Waals surface area contributed by atoms with Crippen molar-refractivity contribution < 1.29 is 8.42 Å². The highest BCUT2D eigenvalue weighted by Gasteiger charge is 2.18. The lowest BCUT2D eigenvalue weighted by atomic mass is 10.4. The van der Waals surface area contributed by atoms with Crippen molar-refractivity contribution in [2.24, 2.45) is 0 Å². The van der Waals surface area contributed by atoms with Crippen LogP contribution in [0.3, 0.4) is 0 Å². The number of imidazole rings is 1. The molecule has 0 aliphatic rings. The average Bonchev–Trinajstić information content (AvgIpc) is 2.77. The van der Waals surface area contributed by atoms with Crippen LogP contribution in [0.15, 0.2) is 17.4 Å². The maximum atomic E-state index is 11.8. The summed E-state index contributed by atoms with van der Waals surface area (Å²) >= 11 is 0. The monoisotopic (exact) mass is 241 g/mol. The van der Waals surface area contributed by atoms with E-state index in [2.05, 4.69) is 24.9 Å². The lowest BCUT2D eigenvalue weighted by Crippen LogP contribution is -2.14. The summed E-state index contributed by atoms with van der Waals surface area (Å²) in [6, 6.07) is 0. The minimum atomic E-state index is -3.62. The van der Waals surface area contributed by atoms with E-state index in [1.165, 1.54) is 12.4 Å². The first-order valence-electron chi connectivity index (χ1n) is 4.53. The van der Waals surface area contributed by atoms with Crippen molar-refractivity contribution in [2.45, 2.75) is 18.9 Å². The molecule has 0 atom stereocenters. The summed E-state index contributed by atoms with van der Waals surface area (Å²) in [6.07, 6.45) is 2.80. The Hall–Kier alpha value is -1.83. The fraction of sp³-hybridized carbons (Fsp3) is 0.250. The van der Waals surface area contributed by atoms with Crippen LogP contribution in [0.1, 0.15) is 11.4 Å². The third-order valence-corrected chi connectivity index (χ3v) is 3.29. The summed E-state index contributed by atoms with van der Waals surface area (Å²) in [5.74, 6) is 0.897.